The lowest BCUT2D eigenvalue weighted by atomic mass is 9.43. The number of sulfonamides is 1. The first-order chi connectivity index (χ1) is 9.08. The fourth-order valence-corrected chi connectivity index (χ4v) is 6.85. The molecule has 0 N–H and O–H groups in total. The van der Waals surface area contributed by atoms with Crippen molar-refractivity contribution in [2.24, 2.45) is 0 Å². The molecule has 19 heavy (non-hydrogen) atoms. The van der Waals surface area contributed by atoms with Gasteiger partial charge in [-0.2, -0.15) is 0 Å². The minimum Gasteiger partial charge on any atom is -0.469 e. The molecule has 0 atom stereocenters. The van der Waals surface area contributed by atoms with Crippen LogP contribution in [0.2, 0.25) is 0 Å². The third-order valence-electron chi connectivity index (χ3n) is 5.23. The summed E-state index contributed by atoms with van der Waals surface area (Å²) in [6.07, 6.45) is 7.14. The number of hydrogen-bond donors (Lipinski definition) is 0. The minimum absolute atomic E-state index is 0.0341. The Hall–Kier alpha value is -0.810. The molecule has 0 unspecified atom stereocenters. The van der Waals surface area contributed by atoms with Crippen molar-refractivity contribution in [1.82, 2.24) is 4.31 Å². The van der Waals surface area contributed by atoms with Gasteiger partial charge in [0.05, 0.1) is 11.0 Å². The van der Waals surface area contributed by atoms with Crippen LogP contribution >= 0.6 is 0 Å². The number of hydrogen-bond acceptors (Lipinski definition) is 3. The van der Waals surface area contributed by atoms with Gasteiger partial charge in [-0.1, -0.05) is 6.42 Å². The molecule has 3 saturated carbocycles. The van der Waals surface area contributed by atoms with Gasteiger partial charge in [-0.05, 0) is 44.2 Å². The van der Waals surface area contributed by atoms with E-state index in [0.717, 1.165) is 57.4 Å². The predicted octanol–water partition coefficient (Wildman–Crippen LogP) is 2.27. The van der Waals surface area contributed by atoms with Crippen molar-refractivity contribution in [2.45, 2.75) is 48.7 Å². The van der Waals surface area contributed by atoms with E-state index in [2.05, 4.69) is 0 Å². The second-order valence-electron chi connectivity index (χ2n) is 6.44. The Bertz CT molecular complexity index is 564. The second kappa shape index (κ2) is 3.64. The average Bonchev–Trinajstić information content (AvgIpc) is 2.80. The maximum Gasteiger partial charge on any atom is 0.219 e. The molecule has 0 amide bonds. The SMILES string of the molecule is O=S(=O)(N1CCCCC1)C12CC(c3ccco3)(C1)C2. The van der Waals surface area contributed by atoms with Crippen molar-refractivity contribution in [1.29, 1.82) is 0 Å². The van der Waals surface area contributed by atoms with Gasteiger partial charge in [0.1, 0.15) is 5.76 Å². The highest BCUT2D eigenvalue weighted by Crippen LogP contribution is 2.71. The van der Waals surface area contributed by atoms with Crippen LogP contribution in [0.1, 0.15) is 44.3 Å². The zero-order valence-electron chi connectivity index (χ0n) is 11.0. The molecule has 1 saturated heterocycles. The molecule has 3 aliphatic carbocycles. The maximum absolute atomic E-state index is 12.7. The number of piperidine rings is 1. The number of furan rings is 1. The lowest BCUT2D eigenvalue weighted by Gasteiger charge is -2.68. The van der Waals surface area contributed by atoms with Gasteiger partial charge in [0, 0.05) is 18.5 Å². The molecule has 104 valence electrons. The van der Waals surface area contributed by atoms with Gasteiger partial charge in [0.2, 0.25) is 10.0 Å². The normalized spacial score (nSPS) is 38.5. The van der Waals surface area contributed by atoms with Crippen LogP contribution in [-0.4, -0.2) is 30.6 Å². The number of rotatable bonds is 3. The Morgan fingerprint density at radius 3 is 2.37 bits per heavy atom. The summed E-state index contributed by atoms with van der Waals surface area (Å²) in [7, 11) is -3.10. The summed E-state index contributed by atoms with van der Waals surface area (Å²) in [5.41, 5.74) is 0.0341. The third kappa shape index (κ3) is 1.40. The van der Waals surface area contributed by atoms with Crippen molar-refractivity contribution >= 4 is 10.0 Å². The molecule has 1 aromatic heterocycles. The molecule has 5 rings (SSSR count). The minimum atomic E-state index is -3.10. The molecule has 2 bridgehead atoms. The zero-order chi connectivity index (χ0) is 13.1. The fourth-order valence-electron chi connectivity index (χ4n) is 4.19. The summed E-state index contributed by atoms with van der Waals surface area (Å²) in [4.78, 5) is 0. The van der Waals surface area contributed by atoms with E-state index in [1.54, 1.807) is 10.6 Å². The lowest BCUT2D eigenvalue weighted by molar-refractivity contribution is -0.0222. The summed E-state index contributed by atoms with van der Waals surface area (Å²) in [5, 5.41) is 0. The van der Waals surface area contributed by atoms with Crippen molar-refractivity contribution in [3.8, 4) is 0 Å². The Balaban J connectivity index is 1.54. The first-order valence-electron chi connectivity index (χ1n) is 7.12. The van der Waals surface area contributed by atoms with E-state index in [1.165, 1.54) is 0 Å². The van der Waals surface area contributed by atoms with E-state index in [1.807, 2.05) is 12.1 Å². The van der Waals surface area contributed by atoms with E-state index in [9.17, 15) is 8.42 Å². The summed E-state index contributed by atoms with van der Waals surface area (Å²) >= 11 is 0. The molecule has 0 radical (unpaired) electrons. The van der Waals surface area contributed by atoms with Gasteiger partial charge in [-0.3, -0.25) is 0 Å². The third-order valence-corrected chi connectivity index (χ3v) is 7.80. The summed E-state index contributed by atoms with van der Waals surface area (Å²) < 4.78 is 32.2. The standard InChI is InChI=1S/C14H19NO3S/c16-19(17,15-6-2-1-3-7-15)14-9-13(10-14,11-14)12-5-4-8-18-12/h4-5,8H,1-3,6-7,9-11H2. The molecule has 0 aromatic carbocycles. The lowest BCUT2D eigenvalue weighted by Crippen LogP contribution is -2.75. The van der Waals surface area contributed by atoms with Gasteiger partial charge in [0.25, 0.3) is 0 Å². The zero-order valence-corrected chi connectivity index (χ0v) is 11.8. The summed E-state index contributed by atoms with van der Waals surface area (Å²) in [6.45, 7) is 1.44. The van der Waals surface area contributed by atoms with Crippen LogP contribution < -0.4 is 0 Å². The van der Waals surface area contributed by atoms with E-state index >= 15 is 0 Å². The van der Waals surface area contributed by atoms with E-state index < -0.39 is 14.8 Å². The molecule has 5 heteroatoms. The highest BCUT2D eigenvalue weighted by atomic mass is 32.2. The molecule has 1 aromatic rings. The molecular weight excluding hydrogens is 262 g/mol. The van der Waals surface area contributed by atoms with Gasteiger partial charge in [-0.25, -0.2) is 12.7 Å². The van der Waals surface area contributed by atoms with Crippen molar-refractivity contribution in [3.63, 3.8) is 0 Å². The van der Waals surface area contributed by atoms with E-state index in [0.29, 0.717) is 0 Å². The first kappa shape index (κ1) is 12.0. The van der Waals surface area contributed by atoms with Gasteiger partial charge >= 0.3 is 0 Å². The number of nitrogens with zero attached hydrogens (tertiary/aromatic N) is 1. The van der Waals surface area contributed by atoms with Crippen LogP contribution in [0.25, 0.3) is 0 Å². The summed E-state index contributed by atoms with van der Waals surface area (Å²) in [6, 6.07) is 3.87. The molecular formula is C14H19NO3S. The molecule has 0 spiro atoms. The largest absolute Gasteiger partial charge is 0.469 e. The van der Waals surface area contributed by atoms with Gasteiger partial charge in [-0.15, -0.1) is 0 Å². The quantitative estimate of drug-likeness (QED) is 0.854. The van der Waals surface area contributed by atoms with E-state index in [4.69, 9.17) is 4.42 Å². The monoisotopic (exact) mass is 281 g/mol. The molecule has 4 fully saturated rings. The predicted molar refractivity (Wildman–Crippen MR) is 71.3 cm³/mol. The van der Waals surface area contributed by atoms with Crippen LogP contribution in [0.4, 0.5) is 0 Å². The highest BCUT2D eigenvalue weighted by molar-refractivity contribution is 7.90. The Morgan fingerprint density at radius 1 is 1.11 bits per heavy atom. The van der Waals surface area contributed by atoms with Crippen molar-refractivity contribution in [3.05, 3.63) is 24.2 Å². The Morgan fingerprint density at radius 2 is 1.79 bits per heavy atom. The topological polar surface area (TPSA) is 50.5 Å². The first-order valence-corrected chi connectivity index (χ1v) is 8.56. The fraction of sp³-hybridized carbons (Fsp3) is 0.714. The van der Waals surface area contributed by atoms with E-state index in [-0.39, 0.29) is 5.41 Å². The maximum atomic E-state index is 12.7. The van der Waals surface area contributed by atoms with Crippen molar-refractivity contribution in [2.75, 3.05) is 13.1 Å². The van der Waals surface area contributed by atoms with Crippen molar-refractivity contribution < 1.29 is 12.8 Å². The van der Waals surface area contributed by atoms with Gasteiger partial charge < -0.3 is 4.42 Å². The second-order valence-corrected chi connectivity index (χ2v) is 8.77. The van der Waals surface area contributed by atoms with Crippen LogP contribution in [0.3, 0.4) is 0 Å². The van der Waals surface area contributed by atoms with Crippen LogP contribution in [0, 0.1) is 0 Å². The smallest absolute Gasteiger partial charge is 0.219 e. The molecule has 2 heterocycles. The Labute approximate surface area is 113 Å². The van der Waals surface area contributed by atoms with Gasteiger partial charge in [0.15, 0.2) is 0 Å². The molecule has 4 nitrogen and oxygen atoms in total. The summed E-state index contributed by atoms with van der Waals surface area (Å²) in [5.74, 6) is 0.975. The van der Waals surface area contributed by atoms with Crippen LogP contribution in [-0.2, 0) is 15.4 Å². The molecule has 4 aliphatic rings. The Kier molecular flexibility index (Phi) is 2.29. The van der Waals surface area contributed by atoms with Crippen LogP contribution in [0.5, 0.6) is 0 Å². The van der Waals surface area contributed by atoms with Crippen LogP contribution in [0.15, 0.2) is 22.8 Å². The molecule has 1 aliphatic heterocycles. The highest BCUT2D eigenvalue weighted by Gasteiger charge is 2.76. The average molecular weight is 281 g/mol.